The van der Waals surface area contributed by atoms with Crippen LogP contribution in [0.2, 0.25) is 0 Å². The van der Waals surface area contributed by atoms with Crippen LogP contribution in [0.1, 0.15) is 21.5 Å². The standard InChI is InChI=1S/C15H12N2O2S.ClH/c1-20-14-13(3-2-8-17-14)15(18)19-10-12-6-4-11(9-16)5-7-12;/h2-8H,10H2,1H3;1H. The molecule has 1 aromatic carbocycles. The Morgan fingerprint density at radius 3 is 2.67 bits per heavy atom. The quantitative estimate of drug-likeness (QED) is 0.637. The van der Waals surface area contributed by atoms with Crippen LogP contribution >= 0.6 is 24.2 Å². The first-order valence-electron chi connectivity index (χ1n) is 5.89. The van der Waals surface area contributed by atoms with E-state index in [1.807, 2.05) is 12.3 Å². The Morgan fingerprint density at radius 1 is 1.33 bits per heavy atom. The van der Waals surface area contributed by atoms with Crippen LogP contribution in [-0.2, 0) is 11.3 Å². The molecule has 2 rings (SSSR count). The first-order valence-corrected chi connectivity index (χ1v) is 7.12. The van der Waals surface area contributed by atoms with Crippen molar-refractivity contribution in [2.24, 2.45) is 0 Å². The molecule has 0 atom stereocenters. The van der Waals surface area contributed by atoms with Crippen molar-refractivity contribution in [3.05, 3.63) is 59.3 Å². The Balaban J connectivity index is 0.00000220. The number of nitriles is 1. The Hall–Kier alpha value is -2.03. The van der Waals surface area contributed by atoms with Gasteiger partial charge in [-0.05, 0) is 36.1 Å². The Morgan fingerprint density at radius 2 is 2.05 bits per heavy atom. The van der Waals surface area contributed by atoms with Gasteiger partial charge in [0.15, 0.2) is 0 Å². The summed E-state index contributed by atoms with van der Waals surface area (Å²) in [5, 5.41) is 9.36. The predicted octanol–water partition coefficient (Wildman–Crippen LogP) is 3.45. The molecule has 0 aliphatic heterocycles. The summed E-state index contributed by atoms with van der Waals surface area (Å²) >= 11 is 1.40. The second kappa shape index (κ2) is 8.30. The molecule has 1 aromatic heterocycles. The first-order chi connectivity index (χ1) is 9.74. The third-order valence-electron chi connectivity index (χ3n) is 2.64. The number of benzene rings is 1. The van der Waals surface area contributed by atoms with Gasteiger partial charge in [0.05, 0.1) is 17.2 Å². The van der Waals surface area contributed by atoms with Gasteiger partial charge in [0.1, 0.15) is 11.6 Å². The number of hydrogen-bond donors (Lipinski definition) is 0. The number of ether oxygens (including phenoxy) is 1. The minimum Gasteiger partial charge on any atom is -0.457 e. The summed E-state index contributed by atoms with van der Waals surface area (Å²) in [7, 11) is 0. The van der Waals surface area contributed by atoms with Crippen LogP contribution < -0.4 is 0 Å². The molecule has 0 aliphatic carbocycles. The van der Waals surface area contributed by atoms with E-state index in [0.29, 0.717) is 16.2 Å². The lowest BCUT2D eigenvalue weighted by Crippen LogP contribution is -2.07. The zero-order chi connectivity index (χ0) is 14.4. The number of rotatable bonds is 4. The van der Waals surface area contributed by atoms with E-state index < -0.39 is 5.97 Å². The van der Waals surface area contributed by atoms with Crippen molar-refractivity contribution in [3.8, 4) is 6.07 Å². The van der Waals surface area contributed by atoms with Gasteiger partial charge in [-0.25, -0.2) is 9.78 Å². The molecule has 21 heavy (non-hydrogen) atoms. The van der Waals surface area contributed by atoms with E-state index in [9.17, 15) is 4.79 Å². The van der Waals surface area contributed by atoms with E-state index in [2.05, 4.69) is 4.98 Å². The zero-order valence-electron chi connectivity index (χ0n) is 11.3. The highest BCUT2D eigenvalue weighted by Gasteiger charge is 2.12. The van der Waals surface area contributed by atoms with Gasteiger partial charge in [-0.2, -0.15) is 5.26 Å². The molecule has 0 bridgehead atoms. The molecule has 1 heterocycles. The molecule has 0 saturated carbocycles. The second-order valence-electron chi connectivity index (χ2n) is 3.95. The molecule has 0 N–H and O–H groups in total. The van der Waals surface area contributed by atoms with E-state index in [4.69, 9.17) is 10.00 Å². The highest BCUT2D eigenvalue weighted by Crippen LogP contribution is 2.18. The average Bonchev–Trinajstić information content (AvgIpc) is 2.53. The van der Waals surface area contributed by atoms with Gasteiger partial charge in [0.2, 0.25) is 0 Å². The van der Waals surface area contributed by atoms with Crippen molar-refractivity contribution in [2.45, 2.75) is 11.6 Å². The van der Waals surface area contributed by atoms with Crippen molar-refractivity contribution in [1.29, 1.82) is 5.26 Å². The number of nitrogens with zero attached hydrogens (tertiary/aromatic N) is 2. The Kier molecular flexibility index (Phi) is 6.73. The van der Waals surface area contributed by atoms with E-state index >= 15 is 0 Å². The molecule has 0 unspecified atom stereocenters. The van der Waals surface area contributed by atoms with Gasteiger partial charge < -0.3 is 4.74 Å². The summed E-state index contributed by atoms with van der Waals surface area (Å²) in [6.45, 7) is 0.174. The van der Waals surface area contributed by atoms with Crippen molar-refractivity contribution in [2.75, 3.05) is 6.26 Å². The summed E-state index contributed by atoms with van der Waals surface area (Å²) in [6.07, 6.45) is 3.50. The molecule has 0 radical (unpaired) electrons. The number of thioether (sulfide) groups is 1. The van der Waals surface area contributed by atoms with Crippen molar-refractivity contribution < 1.29 is 9.53 Å². The minimum atomic E-state index is -0.396. The number of aromatic nitrogens is 1. The van der Waals surface area contributed by atoms with Gasteiger partial charge in [-0.3, -0.25) is 0 Å². The molecule has 4 nitrogen and oxygen atoms in total. The maximum atomic E-state index is 12.0. The predicted molar refractivity (Wildman–Crippen MR) is 83.5 cm³/mol. The first kappa shape index (κ1) is 17.0. The fourth-order valence-corrected chi connectivity index (χ4v) is 2.15. The number of pyridine rings is 1. The summed E-state index contributed by atoms with van der Waals surface area (Å²) in [5.74, 6) is -0.396. The molecule has 0 amide bonds. The Labute approximate surface area is 133 Å². The molecule has 0 spiro atoms. The van der Waals surface area contributed by atoms with Crippen LogP contribution in [0.3, 0.4) is 0 Å². The summed E-state index contributed by atoms with van der Waals surface area (Å²) in [6, 6.07) is 12.4. The number of halogens is 1. The Bertz CT molecular complexity index is 653. The van der Waals surface area contributed by atoms with Crippen LogP contribution in [0, 0.1) is 11.3 Å². The lowest BCUT2D eigenvalue weighted by atomic mass is 10.1. The normalized spacial score (nSPS) is 9.33. The maximum Gasteiger partial charge on any atom is 0.341 e. The van der Waals surface area contributed by atoms with E-state index in [0.717, 1.165) is 5.56 Å². The fraction of sp³-hybridized carbons (Fsp3) is 0.133. The van der Waals surface area contributed by atoms with Crippen LogP contribution in [0.25, 0.3) is 0 Å². The summed E-state index contributed by atoms with van der Waals surface area (Å²) in [5.41, 5.74) is 1.89. The van der Waals surface area contributed by atoms with Crippen LogP contribution in [0.15, 0.2) is 47.6 Å². The molecule has 6 heteroatoms. The third-order valence-corrected chi connectivity index (χ3v) is 3.35. The van der Waals surface area contributed by atoms with E-state index in [-0.39, 0.29) is 19.0 Å². The lowest BCUT2D eigenvalue weighted by molar-refractivity contribution is 0.0467. The molecular formula is C15H13ClN2O2S. The molecular weight excluding hydrogens is 308 g/mol. The van der Waals surface area contributed by atoms with E-state index in [1.165, 1.54) is 11.8 Å². The number of esters is 1. The topological polar surface area (TPSA) is 63.0 Å². The number of carbonyl (C=O) groups is 1. The van der Waals surface area contributed by atoms with Crippen molar-refractivity contribution in [1.82, 2.24) is 4.98 Å². The molecule has 108 valence electrons. The lowest BCUT2D eigenvalue weighted by Gasteiger charge is -2.07. The third kappa shape index (κ3) is 4.48. The molecule has 0 saturated heterocycles. The minimum absolute atomic E-state index is 0. The highest BCUT2D eigenvalue weighted by molar-refractivity contribution is 7.98. The van der Waals surface area contributed by atoms with Crippen molar-refractivity contribution >= 4 is 30.1 Å². The largest absolute Gasteiger partial charge is 0.457 e. The molecule has 2 aromatic rings. The van der Waals surface area contributed by atoms with Gasteiger partial charge in [0.25, 0.3) is 0 Å². The monoisotopic (exact) mass is 320 g/mol. The van der Waals surface area contributed by atoms with Crippen molar-refractivity contribution in [3.63, 3.8) is 0 Å². The average molecular weight is 321 g/mol. The van der Waals surface area contributed by atoms with Crippen LogP contribution in [-0.4, -0.2) is 17.2 Å². The van der Waals surface area contributed by atoms with Gasteiger partial charge in [0, 0.05) is 6.20 Å². The summed E-state index contributed by atoms with van der Waals surface area (Å²) < 4.78 is 5.25. The van der Waals surface area contributed by atoms with Crippen LogP contribution in [0.5, 0.6) is 0 Å². The fourth-order valence-electron chi connectivity index (χ4n) is 1.61. The highest BCUT2D eigenvalue weighted by atomic mass is 35.5. The van der Waals surface area contributed by atoms with Crippen LogP contribution in [0.4, 0.5) is 0 Å². The summed E-state index contributed by atoms with van der Waals surface area (Å²) in [4.78, 5) is 16.1. The number of carbonyl (C=O) groups excluding carboxylic acids is 1. The molecule has 0 fully saturated rings. The number of hydrogen-bond acceptors (Lipinski definition) is 5. The van der Waals surface area contributed by atoms with Gasteiger partial charge in [-0.15, -0.1) is 24.2 Å². The SMILES string of the molecule is CSc1ncccc1C(=O)OCc1ccc(C#N)cc1.Cl. The van der Waals surface area contributed by atoms with Gasteiger partial charge in [-0.1, -0.05) is 12.1 Å². The zero-order valence-corrected chi connectivity index (χ0v) is 12.9. The second-order valence-corrected chi connectivity index (χ2v) is 4.74. The van der Waals surface area contributed by atoms with E-state index in [1.54, 1.807) is 42.6 Å². The van der Waals surface area contributed by atoms with Gasteiger partial charge >= 0.3 is 5.97 Å². The maximum absolute atomic E-state index is 12.0. The smallest absolute Gasteiger partial charge is 0.341 e. The molecule has 0 aliphatic rings.